The molecule has 0 aromatic carbocycles. The van der Waals surface area contributed by atoms with Crippen LogP contribution in [0.15, 0.2) is 16.5 Å². The molecule has 0 radical (unpaired) electrons. The van der Waals surface area contributed by atoms with Crippen molar-refractivity contribution in [2.75, 3.05) is 12.5 Å². The number of carbonyl (C=O) groups is 1. The molecule has 0 aliphatic carbocycles. The topological polar surface area (TPSA) is 59.7 Å². The minimum absolute atomic E-state index is 0.0167. The molecule has 0 amide bonds. The Morgan fingerprint density at radius 2 is 2.43 bits per heavy atom. The normalized spacial score (nSPS) is 10.4. The lowest BCUT2D eigenvalue weighted by molar-refractivity contribution is 0.0661. The Morgan fingerprint density at radius 3 is 3.00 bits per heavy atom. The van der Waals surface area contributed by atoms with E-state index < -0.39 is 5.97 Å². The highest BCUT2D eigenvalue weighted by molar-refractivity contribution is 7.98. The Hall–Kier alpha value is -0.940. The molecule has 0 saturated carbocycles. The van der Waals surface area contributed by atoms with Gasteiger partial charge < -0.3 is 14.3 Å². The highest BCUT2D eigenvalue weighted by Crippen LogP contribution is 2.15. The van der Waals surface area contributed by atoms with Crippen LogP contribution in [0, 0.1) is 0 Å². The van der Waals surface area contributed by atoms with Gasteiger partial charge in [-0.05, 0) is 19.1 Å². The molecule has 0 bridgehead atoms. The molecule has 78 valence electrons. The standard InChI is InChI=1S/C9H12O4S/c1-2-12-6-14-5-7-3-4-8(13-7)9(10)11/h3-4H,2,5-6H2,1H3,(H,10,11). The lowest BCUT2D eigenvalue weighted by atomic mass is 10.4. The van der Waals surface area contributed by atoms with E-state index in [1.807, 2.05) is 6.92 Å². The fraction of sp³-hybridized carbons (Fsp3) is 0.444. The van der Waals surface area contributed by atoms with E-state index in [0.717, 1.165) is 0 Å². The molecule has 0 unspecified atom stereocenters. The second-order valence-electron chi connectivity index (χ2n) is 2.53. The molecule has 1 rings (SSSR count). The first-order valence-corrected chi connectivity index (χ1v) is 5.37. The SMILES string of the molecule is CCOCSCc1ccc(C(=O)O)o1. The number of ether oxygens (including phenoxy) is 1. The average molecular weight is 216 g/mol. The maximum absolute atomic E-state index is 10.5. The summed E-state index contributed by atoms with van der Waals surface area (Å²) in [5, 5.41) is 8.58. The summed E-state index contributed by atoms with van der Waals surface area (Å²) in [6.45, 7) is 2.61. The van der Waals surface area contributed by atoms with Crippen LogP contribution in [0.4, 0.5) is 0 Å². The fourth-order valence-electron chi connectivity index (χ4n) is 0.855. The highest BCUT2D eigenvalue weighted by atomic mass is 32.2. The number of carboxylic acid groups (broad SMARTS) is 1. The minimum atomic E-state index is -1.04. The van der Waals surface area contributed by atoms with E-state index in [0.29, 0.717) is 24.1 Å². The van der Waals surface area contributed by atoms with Gasteiger partial charge in [0, 0.05) is 6.61 Å². The summed E-state index contributed by atoms with van der Waals surface area (Å²) in [5.74, 6) is 0.836. The molecule has 5 heteroatoms. The molecule has 0 saturated heterocycles. The maximum Gasteiger partial charge on any atom is 0.371 e. The number of hydrogen-bond acceptors (Lipinski definition) is 4. The zero-order valence-electron chi connectivity index (χ0n) is 7.86. The summed E-state index contributed by atoms with van der Waals surface area (Å²) >= 11 is 1.55. The summed E-state index contributed by atoms with van der Waals surface area (Å²) in [4.78, 5) is 10.5. The Bertz CT molecular complexity index is 295. The molecule has 0 spiro atoms. The van der Waals surface area contributed by atoms with Crippen molar-refractivity contribution in [3.8, 4) is 0 Å². The molecular weight excluding hydrogens is 204 g/mol. The molecule has 4 nitrogen and oxygen atoms in total. The smallest absolute Gasteiger partial charge is 0.371 e. The maximum atomic E-state index is 10.5. The average Bonchev–Trinajstić information content (AvgIpc) is 2.61. The van der Waals surface area contributed by atoms with Crippen LogP contribution in [-0.4, -0.2) is 23.6 Å². The second-order valence-corrected chi connectivity index (χ2v) is 3.46. The van der Waals surface area contributed by atoms with Gasteiger partial charge in [0.15, 0.2) is 0 Å². The lowest BCUT2D eigenvalue weighted by Gasteiger charge is -1.98. The molecule has 0 aliphatic rings. The summed E-state index contributed by atoms with van der Waals surface area (Å²) in [6, 6.07) is 3.13. The van der Waals surface area contributed by atoms with Crippen LogP contribution >= 0.6 is 11.8 Å². The largest absolute Gasteiger partial charge is 0.475 e. The summed E-state index contributed by atoms with van der Waals surface area (Å²) in [6.07, 6.45) is 0. The number of furan rings is 1. The Balaban J connectivity index is 2.33. The van der Waals surface area contributed by atoms with Crippen LogP contribution < -0.4 is 0 Å². The van der Waals surface area contributed by atoms with Gasteiger partial charge in [0.25, 0.3) is 0 Å². The fourth-order valence-corrected chi connectivity index (χ4v) is 1.58. The number of aromatic carboxylic acids is 1. The highest BCUT2D eigenvalue weighted by Gasteiger charge is 2.08. The van der Waals surface area contributed by atoms with Crippen molar-refractivity contribution in [3.63, 3.8) is 0 Å². The van der Waals surface area contributed by atoms with Gasteiger partial charge in [0.05, 0.1) is 11.7 Å². The van der Waals surface area contributed by atoms with Crippen LogP contribution in [0.5, 0.6) is 0 Å². The predicted octanol–water partition coefficient (Wildman–Crippen LogP) is 2.21. The van der Waals surface area contributed by atoms with Crippen LogP contribution in [0.25, 0.3) is 0 Å². The first-order chi connectivity index (χ1) is 6.74. The summed E-state index contributed by atoms with van der Waals surface area (Å²) < 4.78 is 10.2. The third-order valence-corrected chi connectivity index (χ3v) is 2.31. The molecular formula is C9H12O4S. The minimum Gasteiger partial charge on any atom is -0.475 e. The Kier molecular flexibility index (Phi) is 4.55. The Labute approximate surface area is 86.2 Å². The first-order valence-electron chi connectivity index (χ1n) is 4.21. The molecule has 14 heavy (non-hydrogen) atoms. The lowest BCUT2D eigenvalue weighted by Crippen LogP contribution is -1.92. The number of hydrogen-bond donors (Lipinski definition) is 1. The van der Waals surface area contributed by atoms with Gasteiger partial charge in [0.1, 0.15) is 5.76 Å². The second kappa shape index (κ2) is 5.72. The zero-order valence-corrected chi connectivity index (χ0v) is 8.67. The van der Waals surface area contributed by atoms with Gasteiger partial charge in [-0.1, -0.05) is 0 Å². The summed E-state index contributed by atoms with van der Waals surface area (Å²) in [5.41, 5.74) is 0. The van der Waals surface area contributed by atoms with E-state index in [9.17, 15) is 4.79 Å². The van der Waals surface area contributed by atoms with E-state index in [1.54, 1.807) is 17.8 Å². The van der Waals surface area contributed by atoms with Crippen LogP contribution in [0.1, 0.15) is 23.2 Å². The first kappa shape index (κ1) is 11.1. The van der Waals surface area contributed by atoms with E-state index >= 15 is 0 Å². The van der Waals surface area contributed by atoms with E-state index in [4.69, 9.17) is 14.3 Å². The predicted molar refractivity (Wildman–Crippen MR) is 53.5 cm³/mol. The molecule has 0 fully saturated rings. The van der Waals surface area contributed by atoms with Gasteiger partial charge >= 0.3 is 5.97 Å². The van der Waals surface area contributed by atoms with Gasteiger partial charge in [-0.15, -0.1) is 11.8 Å². The molecule has 1 aromatic heterocycles. The van der Waals surface area contributed by atoms with Crippen molar-refractivity contribution in [2.24, 2.45) is 0 Å². The monoisotopic (exact) mass is 216 g/mol. The Morgan fingerprint density at radius 1 is 1.64 bits per heavy atom. The molecule has 0 atom stereocenters. The van der Waals surface area contributed by atoms with Crippen molar-refractivity contribution >= 4 is 17.7 Å². The number of carboxylic acids is 1. The molecule has 1 heterocycles. The number of rotatable bonds is 6. The number of thioether (sulfide) groups is 1. The van der Waals surface area contributed by atoms with Crippen LogP contribution in [0.3, 0.4) is 0 Å². The quantitative estimate of drug-likeness (QED) is 0.583. The zero-order chi connectivity index (χ0) is 10.4. The van der Waals surface area contributed by atoms with Crippen molar-refractivity contribution < 1.29 is 19.1 Å². The molecule has 1 N–H and O–H groups in total. The summed E-state index contributed by atoms with van der Waals surface area (Å²) in [7, 11) is 0. The van der Waals surface area contributed by atoms with Crippen molar-refractivity contribution in [1.29, 1.82) is 0 Å². The van der Waals surface area contributed by atoms with Crippen molar-refractivity contribution in [2.45, 2.75) is 12.7 Å². The third kappa shape index (κ3) is 3.43. The van der Waals surface area contributed by atoms with Gasteiger partial charge in [-0.25, -0.2) is 4.79 Å². The van der Waals surface area contributed by atoms with E-state index in [2.05, 4.69) is 0 Å². The van der Waals surface area contributed by atoms with Gasteiger partial charge in [-0.3, -0.25) is 0 Å². The van der Waals surface area contributed by atoms with Crippen molar-refractivity contribution in [1.82, 2.24) is 0 Å². The van der Waals surface area contributed by atoms with Gasteiger partial charge in [-0.2, -0.15) is 0 Å². The van der Waals surface area contributed by atoms with Crippen LogP contribution in [0.2, 0.25) is 0 Å². The van der Waals surface area contributed by atoms with Gasteiger partial charge in [0.2, 0.25) is 5.76 Å². The molecule has 1 aromatic rings. The van der Waals surface area contributed by atoms with E-state index in [1.165, 1.54) is 6.07 Å². The van der Waals surface area contributed by atoms with E-state index in [-0.39, 0.29) is 5.76 Å². The van der Waals surface area contributed by atoms with Crippen molar-refractivity contribution in [3.05, 3.63) is 23.7 Å². The third-order valence-electron chi connectivity index (χ3n) is 1.49. The van der Waals surface area contributed by atoms with Crippen LogP contribution in [-0.2, 0) is 10.5 Å². The molecule has 0 aliphatic heterocycles.